The molecular weight excluding hydrogens is 338 g/mol. The molecule has 1 aliphatic carbocycles. The summed E-state index contributed by atoms with van der Waals surface area (Å²) in [6.45, 7) is 0.625. The molecule has 1 saturated carbocycles. The van der Waals surface area contributed by atoms with Gasteiger partial charge in [-0.1, -0.05) is 29.8 Å². The van der Waals surface area contributed by atoms with Crippen molar-refractivity contribution >= 4 is 34.4 Å². The zero-order chi connectivity index (χ0) is 17.0. The molecule has 0 bridgehead atoms. The molecule has 1 spiro atoms. The highest BCUT2D eigenvalue weighted by Gasteiger charge is 2.52. The summed E-state index contributed by atoms with van der Waals surface area (Å²) in [5.74, 6) is 0.383. The van der Waals surface area contributed by atoms with Gasteiger partial charge in [-0.05, 0) is 30.4 Å². The fourth-order valence-electron chi connectivity index (χ4n) is 4.09. The van der Waals surface area contributed by atoms with Crippen molar-refractivity contribution in [2.24, 2.45) is 0 Å². The molecule has 6 nitrogen and oxygen atoms in total. The van der Waals surface area contributed by atoms with Crippen LogP contribution in [0.1, 0.15) is 24.3 Å². The van der Waals surface area contributed by atoms with Gasteiger partial charge in [0, 0.05) is 5.02 Å². The maximum Gasteiger partial charge on any atom is 0.322 e. The lowest BCUT2D eigenvalue weighted by molar-refractivity contribution is 0.191. The topological polar surface area (TPSA) is 73.9 Å². The fraction of sp³-hybridized carbons (Fsp3) is 0.278. The fourth-order valence-corrected chi connectivity index (χ4v) is 4.38. The first kappa shape index (κ1) is 14.7. The van der Waals surface area contributed by atoms with Crippen LogP contribution in [0, 0.1) is 0 Å². The average molecular weight is 354 g/mol. The second-order valence-corrected chi connectivity index (χ2v) is 7.29. The SMILES string of the molecule is O=C1NC2(CC(c3ccccc3Cl)C2)CN1c1cncc2[nH]cnc12. The minimum atomic E-state index is -0.195. The number of halogens is 1. The normalized spacial score (nSPS) is 25.4. The molecule has 2 aromatic heterocycles. The molecule has 0 unspecified atom stereocenters. The second-order valence-electron chi connectivity index (χ2n) is 6.88. The maximum atomic E-state index is 12.6. The van der Waals surface area contributed by atoms with E-state index in [1.165, 1.54) is 5.56 Å². The summed E-state index contributed by atoms with van der Waals surface area (Å²) >= 11 is 6.32. The first-order valence-electron chi connectivity index (χ1n) is 8.26. The van der Waals surface area contributed by atoms with Crippen LogP contribution in [0.3, 0.4) is 0 Å². The van der Waals surface area contributed by atoms with Crippen LogP contribution < -0.4 is 10.2 Å². The standard InChI is InChI=1S/C18H16ClN5O/c19-13-4-2-1-3-12(13)11-5-18(6-11)9-24(17(25)23-18)15-8-20-7-14-16(15)22-10-21-14/h1-4,7-8,10-11H,5-6,9H2,(H,21,22)(H,23,25). The van der Waals surface area contributed by atoms with Crippen molar-refractivity contribution in [3.05, 3.63) is 53.6 Å². The Morgan fingerprint density at radius 3 is 2.92 bits per heavy atom. The Bertz CT molecular complexity index is 978. The molecule has 0 atom stereocenters. The summed E-state index contributed by atoms with van der Waals surface area (Å²) in [5, 5.41) is 3.97. The molecule has 2 N–H and O–H groups in total. The number of carbonyl (C=O) groups is 1. The largest absolute Gasteiger partial charge is 0.343 e. The van der Waals surface area contributed by atoms with Gasteiger partial charge in [0.15, 0.2) is 0 Å². The lowest BCUT2D eigenvalue weighted by Crippen LogP contribution is -2.53. The number of amides is 2. The van der Waals surface area contributed by atoms with Gasteiger partial charge >= 0.3 is 6.03 Å². The molecule has 25 heavy (non-hydrogen) atoms. The van der Waals surface area contributed by atoms with E-state index in [1.807, 2.05) is 18.2 Å². The molecule has 3 aromatic rings. The van der Waals surface area contributed by atoms with E-state index in [0.29, 0.717) is 12.5 Å². The van der Waals surface area contributed by atoms with Crippen LogP contribution in [0.15, 0.2) is 43.0 Å². The molecular formula is C18H16ClN5O. The Balaban J connectivity index is 1.40. The third-order valence-electron chi connectivity index (χ3n) is 5.30. The van der Waals surface area contributed by atoms with E-state index in [4.69, 9.17) is 11.6 Å². The predicted molar refractivity (Wildman–Crippen MR) is 95.9 cm³/mol. The van der Waals surface area contributed by atoms with Crippen molar-refractivity contribution in [2.75, 3.05) is 11.4 Å². The summed E-state index contributed by atoms with van der Waals surface area (Å²) in [6.07, 6.45) is 6.82. The van der Waals surface area contributed by atoms with Crippen LogP contribution in [-0.4, -0.2) is 33.1 Å². The summed E-state index contributed by atoms with van der Waals surface area (Å²) in [6, 6.07) is 7.86. The molecule has 2 fully saturated rings. The Kier molecular flexibility index (Phi) is 3.06. The smallest absolute Gasteiger partial charge is 0.322 e. The number of pyridine rings is 1. The minimum Gasteiger partial charge on any atom is -0.343 e. The summed E-state index contributed by atoms with van der Waals surface area (Å²) < 4.78 is 0. The molecule has 5 rings (SSSR count). The van der Waals surface area contributed by atoms with E-state index < -0.39 is 0 Å². The lowest BCUT2D eigenvalue weighted by atomic mass is 9.66. The van der Waals surface area contributed by atoms with E-state index in [-0.39, 0.29) is 11.6 Å². The first-order chi connectivity index (χ1) is 12.2. The lowest BCUT2D eigenvalue weighted by Gasteiger charge is -2.45. The monoisotopic (exact) mass is 353 g/mol. The van der Waals surface area contributed by atoms with Crippen LogP contribution >= 0.6 is 11.6 Å². The van der Waals surface area contributed by atoms with Gasteiger partial charge in [-0.25, -0.2) is 9.78 Å². The quantitative estimate of drug-likeness (QED) is 0.741. The number of nitrogens with zero attached hydrogens (tertiary/aromatic N) is 3. The number of aromatic amines is 1. The molecule has 1 aliphatic heterocycles. The highest BCUT2D eigenvalue weighted by molar-refractivity contribution is 6.31. The van der Waals surface area contributed by atoms with Crippen molar-refractivity contribution in [3.8, 4) is 0 Å². The number of aromatic nitrogens is 3. The first-order valence-corrected chi connectivity index (χ1v) is 8.64. The Hall–Kier alpha value is -2.60. The molecule has 2 aliphatic rings. The van der Waals surface area contributed by atoms with Crippen molar-refractivity contribution < 1.29 is 4.79 Å². The molecule has 126 valence electrons. The van der Waals surface area contributed by atoms with E-state index in [1.54, 1.807) is 23.6 Å². The Morgan fingerprint density at radius 2 is 2.08 bits per heavy atom. The number of hydrogen-bond acceptors (Lipinski definition) is 3. The molecule has 1 saturated heterocycles. The van der Waals surface area contributed by atoms with Crippen LogP contribution in [0.5, 0.6) is 0 Å². The second kappa shape index (κ2) is 5.20. The number of anilines is 1. The molecule has 3 heterocycles. The average Bonchev–Trinajstić information content (AvgIpc) is 3.18. The highest BCUT2D eigenvalue weighted by Crippen LogP contribution is 2.49. The van der Waals surface area contributed by atoms with Crippen LogP contribution in [0.25, 0.3) is 11.0 Å². The Labute approximate surface area is 149 Å². The van der Waals surface area contributed by atoms with Gasteiger partial charge in [0.25, 0.3) is 0 Å². The molecule has 2 amide bonds. The van der Waals surface area contributed by atoms with E-state index in [9.17, 15) is 4.79 Å². The minimum absolute atomic E-state index is 0.0880. The van der Waals surface area contributed by atoms with Gasteiger partial charge in [-0.2, -0.15) is 0 Å². The van der Waals surface area contributed by atoms with E-state index in [2.05, 4.69) is 26.3 Å². The number of imidazole rings is 1. The number of fused-ring (bicyclic) bond motifs is 1. The van der Waals surface area contributed by atoms with Crippen LogP contribution in [0.2, 0.25) is 5.02 Å². The number of H-pyrrole nitrogens is 1. The third kappa shape index (κ3) is 2.21. The van der Waals surface area contributed by atoms with Crippen LogP contribution in [-0.2, 0) is 0 Å². The predicted octanol–water partition coefficient (Wildman–Crippen LogP) is 3.46. The maximum absolute atomic E-state index is 12.6. The number of nitrogens with one attached hydrogen (secondary N) is 2. The van der Waals surface area contributed by atoms with Crippen molar-refractivity contribution in [3.63, 3.8) is 0 Å². The summed E-state index contributed by atoms with van der Waals surface area (Å²) in [4.78, 5) is 25.9. The van der Waals surface area contributed by atoms with Gasteiger partial charge < -0.3 is 10.3 Å². The molecule has 1 aromatic carbocycles. The van der Waals surface area contributed by atoms with Crippen molar-refractivity contribution in [1.82, 2.24) is 20.3 Å². The molecule has 0 radical (unpaired) electrons. The Morgan fingerprint density at radius 1 is 1.24 bits per heavy atom. The number of carbonyl (C=O) groups excluding carboxylic acids is 1. The number of benzene rings is 1. The molecule has 7 heteroatoms. The van der Waals surface area contributed by atoms with E-state index >= 15 is 0 Å². The zero-order valence-electron chi connectivity index (χ0n) is 13.4. The summed E-state index contributed by atoms with van der Waals surface area (Å²) in [7, 11) is 0. The third-order valence-corrected chi connectivity index (χ3v) is 5.64. The number of urea groups is 1. The van der Waals surface area contributed by atoms with Gasteiger partial charge in [-0.3, -0.25) is 9.88 Å². The van der Waals surface area contributed by atoms with Gasteiger partial charge in [0.2, 0.25) is 0 Å². The van der Waals surface area contributed by atoms with Crippen molar-refractivity contribution in [1.29, 1.82) is 0 Å². The number of hydrogen-bond donors (Lipinski definition) is 2. The summed E-state index contributed by atoms with van der Waals surface area (Å²) in [5.41, 5.74) is 3.31. The van der Waals surface area contributed by atoms with E-state index in [0.717, 1.165) is 34.6 Å². The van der Waals surface area contributed by atoms with Gasteiger partial charge in [-0.15, -0.1) is 0 Å². The van der Waals surface area contributed by atoms with Gasteiger partial charge in [0.05, 0.1) is 42.0 Å². The van der Waals surface area contributed by atoms with Gasteiger partial charge in [0.1, 0.15) is 5.52 Å². The highest BCUT2D eigenvalue weighted by atomic mass is 35.5. The number of rotatable bonds is 2. The zero-order valence-corrected chi connectivity index (χ0v) is 14.1. The van der Waals surface area contributed by atoms with Crippen LogP contribution in [0.4, 0.5) is 10.5 Å². The van der Waals surface area contributed by atoms with Crippen molar-refractivity contribution in [2.45, 2.75) is 24.3 Å².